The molecular weight excluding hydrogens is 298 g/mol. The molecule has 142 valence electrons. The molecule has 0 aromatic heterocycles. The summed E-state index contributed by atoms with van der Waals surface area (Å²) < 4.78 is 6.09. The first-order chi connectivity index (χ1) is 11.5. The number of piperazine rings is 1. The lowest BCUT2D eigenvalue weighted by atomic mass is 9.87. The van der Waals surface area contributed by atoms with Crippen molar-refractivity contribution in [2.75, 3.05) is 59.5 Å². The standard InChI is InChI=1S/C20H41N3O/c1-6-18(4)16-23-9-7-22(8-10-23)11-12-24-20-13-19(14-20)21(5)15-17(2)3/h17-20H,6-16H2,1-5H3. The summed E-state index contributed by atoms with van der Waals surface area (Å²) in [6.45, 7) is 18.6. The van der Waals surface area contributed by atoms with E-state index in [1.807, 2.05) is 0 Å². The van der Waals surface area contributed by atoms with Crippen LogP contribution in [0.3, 0.4) is 0 Å². The maximum Gasteiger partial charge on any atom is 0.0605 e. The molecule has 0 aromatic rings. The highest BCUT2D eigenvalue weighted by Crippen LogP contribution is 2.28. The molecule has 2 rings (SSSR count). The van der Waals surface area contributed by atoms with E-state index in [0.29, 0.717) is 6.10 Å². The van der Waals surface area contributed by atoms with Crippen LogP contribution < -0.4 is 0 Å². The summed E-state index contributed by atoms with van der Waals surface area (Å²) in [6.07, 6.45) is 4.26. The molecule has 0 aromatic carbocycles. The van der Waals surface area contributed by atoms with Gasteiger partial charge in [0.25, 0.3) is 0 Å². The van der Waals surface area contributed by atoms with E-state index >= 15 is 0 Å². The summed E-state index contributed by atoms with van der Waals surface area (Å²) in [4.78, 5) is 7.72. The molecule has 1 heterocycles. The highest BCUT2D eigenvalue weighted by atomic mass is 16.5. The molecule has 0 N–H and O–H groups in total. The van der Waals surface area contributed by atoms with Gasteiger partial charge >= 0.3 is 0 Å². The van der Waals surface area contributed by atoms with Gasteiger partial charge in [-0.25, -0.2) is 0 Å². The van der Waals surface area contributed by atoms with Crippen molar-refractivity contribution < 1.29 is 4.74 Å². The van der Waals surface area contributed by atoms with Crippen molar-refractivity contribution in [2.24, 2.45) is 11.8 Å². The Morgan fingerprint density at radius 2 is 1.67 bits per heavy atom. The minimum Gasteiger partial charge on any atom is -0.377 e. The maximum atomic E-state index is 6.09. The van der Waals surface area contributed by atoms with Crippen LogP contribution in [0.5, 0.6) is 0 Å². The normalized spacial score (nSPS) is 27.6. The van der Waals surface area contributed by atoms with Crippen LogP contribution in [-0.4, -0.2) is 86.3 Å². The fourth-order valence-corrected chi connectivity index (χ4v) is 3.87. The van der Waals surface area contributed by atoms with Crippen molar-refractivity contribution in [1.82, 2.24) is 14.7 Å². The van der Waals surface area contributed by atoms with E-state index in [9.17, 15) is 0 Å². The third kappa shape index (κ3) is 6.62. The zero-order valence-electron chi connectivity index (χ0n) is 16.8. The van der Waals surface area contributed by atoms with Gasteiger partial charge in [0.1, 0.15) is 0 Å². The first-order valence-corrected chi connectivity index (χ1v) is 10.2. The van der Waals surface area contributed by atoms with Crippen LogP contribution in [-0.2, 0) is 4.74 Å². The molecule has 4 heteroatoms. The van der Waals surface area contributed by atoms with Crippen LogP contribution in [0.4, 0.5) is 0 Å². The number of rotatable bonds is 10. The van der Waals surface area contributed by atoms with E-state index in [1.54, 1.807) is 0 Å². The van der Waals surface area contributed by atoms with Crippen molar-refractivity contribution in [3.63, 3.8) is 0 Å². The Labute approximate surface area is 150 Å². The molecule has 1 saturated heterocycles. The van der Waals surface area contributed by atoms with Crippen molar-refractivity contribution in [3.8, 4) is 0 Å². The fourth-order valence-electron chi connectivity index (χ4n) is 3.87. The molecule has 1 saturated carbocycles. The summed E-state index contributed by atoms with van der Waals surface area (Å²) in [5.74, 6) is 1.59. The zero-order chi connectivity index (χ0) is 17.5. The largest absolute Gasteiger partial charge is 0.377 e. The SMILES string of the molecule is CCC(C)CN1CCN(CCOC2CC(N(C)CC(C)C)C2)CC1. The van der Waals surface area contributed by atoms with Crippen molar-refractivity contribution >= 4 is 0 Å². The highest BCUT2D eigenvalue weighted by Gasteiger charge is 2.32. The lowest BCUT2D eigenvalue weighted by Crippen LogP contribution is -2.50. The Morgan fingerprint density at radius 1 is 1.04 bits per heavy atom. The van der Waals surface area contributed by atoms with E-state index in [4.69, 9.17) is 4.74 Å². The second-order valence-electron chi connectivity index (χ2n) is 8.61. The minimum absolute atomic E-state index is 0.510. The Hall–Kier alpha value is -0.160. The Morgan fingerprint density at radius 3 is 2.25 bits per heavy atom. The second kappa shape index (κ2) is 10.1. The molecule has 24 heavy (non-hydrogen) atoms. The number of nitrogens with zero attached hydrogens (tertiary/aromatic N) is 3. The molecule has 1 aliphatic carbocycles. The molecule has 0 amide bonds. The molecule has 1 aliphatic heterocycles. The summed E-state index contributed by atoms with van der Waals surface area (Å²) in [6, 6.07) is 0.751. The first kappa shape index (κ1) is 20.2. The molecule has 0 radical (unpaired) electrons. The summed E-state index contributed by atoms with van der Waals surface area (Å²) in [5.41, 5.74) is 0. The van der Waals surface area contributed by atoms with Crippen LogP contribution >= 0.6 is 0 Å². The highest BCUT2D eigenvalue weighted by molar-refractivity contribution is 4.87. The summed E-state index contributed by atoms with van der Waals surface area (Å²) in [7, 11) is 2.26. The molecule has 0 spiro atoms. The third-order valence-corrected chi connectivity index (χ3v) is 5.84. The smallest absolute Gasteiger partial charge is 0.0605 e. The monoisotopic (exact) mass is 339 g/mol. The third-order valence-electron chi connectivity index (χ3n) is 5.84. The average molecular weight is 340 g/mol. The Kier molecular flexibility index (Phi) is 8.48. The molecule has 0 bridgehead atoms. The number of hydrogen-bond acceptors (Lipinski definition) is 4. The van der Waals surface area contributed by atoms with Gasteiger partial charge in [-0.05, 0) is 31.7 Å². The van der Waals surface area contributed by atoms with Crippen molar-refractivity contribution in [2.45, 2.75) is 59.1 Å². The van der Waals surface area contributed by atoms with Gasteiger partial charge in [0.05, 0.1) is 12.7 Å². The topological polar surface area (TPSA) is 19.0 Å². The maximum absolute atomic E-state index is 6.09. The average Bonchev–Trinajstić information content (AvgIpc) is 2.50. The number of ether oxygens (including phenoxy) is 1. The molecule has 1 unspecified atom stereocenters. The molecule has 2 fully saturated rings. The Bertz CT molecular complexity index is 336. The van der Waals surface area contributed by atoms with E-state index in [-0.39, 0.29) is 0 Å². The van der Waals surface area contributed by atoms with E-state index < -0.39 is 0 Å². The number of hydrogen-bond donors (Lipinski definition) is 0. The molecular formula is C20H41N3O. The van der Waals surface area contributed by atoms with E-state index in [2.05, 4.69) is 49.4 Å². The van der Waals surface area contributed by atoms with Crippen molar-refractivity contribution in [1.29, 1.82) is 0 Å². The lowest BCUT2D eigenvalue weighted by molar-refractivity contribution is -0.0543. The van der Waals surface area contributed by atoms with E-state index in [1.165, 1.54) is 58.5 Å². The quantitative estimate of drug-likeness (QED) is 0.609. The fraction of sp³-hybridized carbons (Fsp3) is 1.00. The van der Waals surface area contributed by atoms with Crippen LogP contribution in [0.15, 0.2) is 0 Å². The summed E-state index contributed by atoms with van der Waals surface area (Å²) >= 11 is 0. The van der Waals surface area contributed by atoms with Gasteiger partial charge < -0.3 is 14.5 Å². The van der Waals surface area contributed by atoms with Crippen LogP contribution in [0.1, 0.15) is 47.0 Å². The van der Waals surface area contributed by atoms with Gasteiger partial charge in [0, 0.05) is 51.9 Å². The van der Waals surface area contributed by atoms with Gasteiger partial charge in [0.15, 0.2) is 0 Å². The van der Waals surface area contributed by atoms with Gasteiger partial charge in [-0.15, -0.1) is 0 Å². The minimum atomic E-state index is 0.510. The first-order valence-electron chi connectivity index (χ1n) is 10.2. The predicted molar refractivity (Wildman–Crippen MR) is 103 cm³/mol. The van der Waals surface area contributed by atoms with E-state index in [0.717, 1.165) is 31.0 Å². The van der Waals surface area contributed by atoms with Gasteiger partial charge in [-0.1, -0.05) is 34.1 Å². The lowest BCUT2D eigenvalue weighted by Gasteiger charge is -2.42. The van der Waals surface area contributed by atoms with Gasteiger partial charge in [0.2, 0.25) is 0 Å². The van der Waals surface area contributed by atoms with Crippen LogP contribution in [0, 0.1) is 11.8 Å². The second-order valence-corrected chi connectivity index (χ2v) is 8.61. The van der Waals surface area contributed by atoms with Crippen LogP contribution in [0.2, 0.25) is 0 Å². The summed E-state index contributed by atoms with van der Waals surface area (Å²) in [5, 5.41) is 0. The molecule has 4 nitrogen and oxygen atoms in total. The molecule has 1 atom stereocenters. The van der Waals surface area contributed by atoms with Gasteiger partial charge in [-0.2, -0.15) is 0 Å². The molecule has 2 aliphatic rings. The van der Waals surface area contributed by atoms with Crippen LogP contribution in [0.25, 0.3) is 0 Å². The zero-order valence-corrected chi connectivity index (χ0v) is 16.8. The Balaban J connectivity index is 1.49. The predicted octanol–water partition coefficient (Wildman–Crippen LogP) is 2.79. The van der Waals surface area contributed by atoms with Gasteiger partial charge in [-0.3, -0.25) is 4.90 Å². The van der Waals surface area contributed by atoms with Crippen molar-refractivity contribution in [3.05, 3.63) is 0 Å².